The fourth-order valence-electron chi connectivity index (χ4n) is 2.89. The Hall–Kier alpha value is -0.430. The maximum absolute atomic E-state index is 12.8. The number of halogens is 4. The third-order valence-corrected chi connectivity index (χ3v) is 4.61. The van der Waals surface area contributed by atoms with Crippen LogP contribution in [0.1, 0.15) is 31.9 Å². The van der Waals surface area contributed by atoms with E-state index in [9.17, 15) is 13.2 Å². The smallest absolute Gasteiger partial charge is 0.314 e. The Kier molecular flexibility index (Phi) is 8.21. The van der Waals surface area contributed by atoms with Gasteiger partial charge in [0.2, 0.25) is 0 Å². The highest BCUT2D eigenvalue weighted by Gasteiger charge is 2.32. The summed E-state index contributed by atoms with van der Waals surface area (Å²) in [5, 5.41) is 3.30. The number of alkyl halides is 3. The molecule has 1 atom stereocenters. The average Bonchev–Trinajstić information content (AvgIpc) is 2.45. The number of hydrogen-bond donors (Lipinski definition) is 1. The molecule has 1 fully saturated rings. The van der Waals surface area contributed by atoms with Crippen molar-refractivity contribution in [2.24, 2.45) is 5.92 Å². The zero-order chi connectivity index (χ0) is 16.2. The van der Waals surface area contributed by atoms with E-state index in [0.29, 0.717) is 10.8 Å². The predicted molar refractivity (Wildman–Crippen MR) is 92.2 cm³/mol. The Morgan fingerprint density at radius 2 is 1.78 bits per heavy atom. The van der Waals surface area contributed by atoms with E-state index >= 15 is 0 Å². The molecule has 0 saturated carbocycles. The van der Waals surface area contributed by atoms with Crippen molar-refractivity contribution in [2.45, 2.75) is 36.7 Å². The van der Waals surface area contributed by atoms with E-state index in [2.05, 4.69) is 24.1 Å². The first kappa shape index (κ1) is 20.6. The molecular weight excluding hydrogens is 345 g/mol. The highest BCUT2D eigenvalue weighted by Crippen LogP contribution is 2.42. The molecule has 0 bridgehead atoms. The molecule has 2 rings (SSSR count). The molecule has 1 aliphatic heterocycles. The molecule has 1 N–H and O–H groups in total. The minimum atomic E-state index is -4.25. The fourth-order valence-corrected chi connectivity index (χ4v) is 3.60. The third-order valence-electron chi connectivity index (χ3n) is 3.79. The number of benzene rings is 1. The normalized spacial score (nSPS) is 17.8. The van der Waals surface area contributed by atoms with Crippen molar-refractivity contribution in [1.82, 2.24) is 10.2 Å². The molecule has 1 saturated heterocycles. The highest BCUT2D eigenvalue weighted by molar-refractivity contribution is 8.00. The summed E-state index contributed by atoms with van der Waals surface area (Å²) in [6.07, 6.45) is 0.870. The summed E-state index contributed by atoms with van der Waals surface area (Å²) in [5.41, 5.74) is -3.44. The van der Waals surface area contributed by atoms with Gasteiger partial charge in [-0.05, 0) is 35.7 Å². The van der Waals surface area contributed by atoms with E-state index in [0.717, 1.165) is 38.2 Å². The van der Waals surface area contributed by atoms with Gasteiger partial charge in [-0.15, -0.1) is 12.4 Å². The second-order valence-corrected chi connectivity index (χ2v) is 7.12. The van der Waals surface area contributed by atoms with Crippen LogP contribution >= 0.6 is 24.2 Å². The van der Waals surface area contributed by atoms with Crippen LogP contribution in [0.25, 0.3) is 0 Å². The van der Waals surface area contributed by atoms with Crippen LogP contribution in [0.15, 0.2) is 29.2 Å². The summed E-state index contributed by atoms with van der Waals surface area (Å²) in [6.45, 7) is 7.78. The third kappa shape index (κ3) is 6.53. The maximum atomic E-state index is 12.8. The van der Waals surface area contributed by atoms with Gasteiger partial charge in [-0.1, -0.05) is 32.0 Å². The number of piperazine rings is 1. The van der Waals surface area contributed by atoms with Gasteiger partial charge in [0.05, 0.1) is 0 Å². The number of rotatable bonds is 5. The standard InChI is InChI=1S/C16H23F3N2S.ClH/c1-12(2)11-14(21-9-7-20-8-10-21)13-5-3-4-6-15(13)22-16(17,18)19;/h3-6,12,14,20H,7-11H2,1-2H3;1H/t14-;/m1./s1. The van der Waals surface area contributed by atoms with Crippen LogP contribution in [0.4, 0.5) is 13.2 Å². The molecule has 1 aromatic carbocycles. The van der Waals surface area contributed by atoms with Crippen LogP contribution in [0, 0.1) is 5.92 Å². The van der Waals surface area contributed by atoms with Crippen molar-refractivity contribution in [3.63, 3.8) is 0 Å². The van der Waals surface area contributed by atoms with Gasteiger partial charge in [0.25, 0.3) is 0 Å². The van der Waals surface area contributed by atoms with Gasteiger partial charge in [-0.2, -0.15) is 13.2 Å². The van der Waals surface area contributed by atoms with E-state index in [1.807, 2.05) is 12.1 Å². The average molecular weight is 369 g/mol. The van der Waals surface area contributed by atoms with E-state index in [-0.39, 0.29) is 30.2 Å². The van der Waals surface area contributed by atoms with Crippen LogP contribution in [0.3, 0.4) is 0 Å². The lowest BCUT2D eigenvalue weighted by Crippen LogP contribution is -2.45. The molecule has 23 heavy (non-hydrogen) atoms. The Balaban J connectivity index is 0.00000264. The van der Waals surface area contributed by atoms with Gasteiger partial charge in [0.15, 0.2) is 0 Å². The lowest BCUT2D eigenvalue weighted by molar-refractivity contribution is -0.0328. The van der Waals surface area contributed by atoms with Gasteiger partial charge in [-0.3, -0.25) is 4.90 Å². The quantitative estimate of drug-likeness (QED) is 0.757. The maximum Gasteiger partial charge on any atom is 0.446 e. The fraction of sp³-hybridized carbons (Fsp3) is 0.625. The SMILES string of the molecule is CC(C)C[C@H](c1ccccc1SC(F)(F)F)N1CCNCC1.Cl. The molecule has 0 unspecified atom stereocenters. The van der Waals surface area contributed by atoms with Crippen molar-refractivity contribution in [3.05, 3.63) is 29.8 Å². The van der Waals surface area contributed by atoms with Gasteiger partial charge >= 0.3 is 5.51 Å². The second kappa shape index (κ2) is 9.16. The Labute approximate surface area is 146 Å². The molecule has 0 aliphatic carbocycles. The number of thioether (sulfide) groups is 1. The molecule has 1 heterocycles. The molecule has 2 nitrogen and oxygen atoms in total. The van der Waals surface area contributed by atoms with Crippen molar-refractivity contribution in [3.8, 4) is 0 Å². The molecule has 0 radical (unpaired) electrons. The topological polar surface area (TPSA) is 15.3 Å². The van der Waals surface area contributed by atoms with Crippen LogP contribution in [-0.2, 0) is 0 Å². The summed E-state index contributed by atoms with van der Waals surface area (Å²) in [6, 6.07) is 7.01. The molecule has 1 aromatic rings. The Bertz CT molecular complexity index is 477. The van der Waals surface area contributed by atoms with Crippen LogP contribution in [0.5, 0.6) is 0 Å². The van der Waals surface area contributed by atoms with Crippen LogP contribution in [-0.4, -0.2) is 36.6 Å². The second-order valence-electron chi connectivity index (χ2n) is 6.02. The molecule has 132 valence electrons. The minimum Gasteiger partial charge on any atom is -0.314 e. The van der Waals surface area contributed by atoms with E-state index in [1.54, 1.807) is 12.1 Å². The Morgan fingerprint density at radius 1 is 1.17 bits per heavy atom. The predicted octanol–water partition coefficient (Wildman–Crippen LogP) is 4.71. The zero-order valence-corrected chi connectivity index (χ0v) is 15.0. The van der Waals surface area contributed by atoms with Crippen molar-refractivity contribution < 1.29 is 13.2 Å². The summed E-state index contributed by atoms with van der Waals surface area (Å²) < 4.78 is 38.5. The largest absolute Gasteiger partial charge is 0.446 e. The summed E-state index contributed by atoms with van der Waals surface area (Å²) in [7, 11) is 0. The Morgan fingerprint density at radius 3 is 2.35 bits per heavy atom. The minimum absolute atomic E-state index is 0. The molecule has 0 amide bonds. The lowest BCUT2D eigenvalue weighted by Gasteiger charge is -2.37. The summed E-state index contributed by atoms with van der Waals surface area (Å²) >= 11 is 0.00449. The van der Waals surface area contributed by atoms with Crippen molar-refractivity contribution in [2.75, 3.05) is 26.2 Å². The number of nitrogens with zero attached hydrogens (tertiary/aromatic N) is 1. The molecule has 0 aromatic heterocycles. The monoisotopic (exact) mass is 368 g/mol. The van der Waals surface area contributed by atoms with Crippen LogP contribution < -0.4 is 5.32 Å². The van der Waals surface area contributed by atoms with Crippen LogP contribution in [0.2, 0.25) is 0 Å². The van der Waals surface area contributed by atoms with Crippen molar-refractivity contribution in [1.29, 1.82) is 0 Å². The van der Waals surface area contributed by atoms with Gasteiger partial charge in [0.1, 0.15) is 0 Å². The number of hydrogen-bond acceptors (Lipinski definition) is 3. The zero-order valence-electron chi connectivity index (χ0n) is 13.4. The first-order valence-electron chi connectivity index (χ1n) is 7.66. The van der Waals surface area contributed by atoms with Gasteiger partial charge < -0.3 is 5.32 Å². The van der Waals surface area contributed by atoms with E-state index in [1.165, 1.54) is 0 Å². The molecule has 0 spiro atoms. The highest BCUT2D eigenvalue weighted by atomic mass is 35.5. The molecule has 7 heteroatoms. The lowest BCUT2D eigenvalue weighted by atomic mass is 9.95. The summed E-state index contributed by atoms with van der Waals surface area (Å²) in [5.74, 6) is 0.434. The van der Waals surface area contributed by atoms with E-state index in [4.69, 9.17) is 0 Å². The first-order chi connectivity index (χ1) is 10.4. The number of nitrogens with one attached hydrogen (secondary N) is 1. The molecular formula is C16H24ClF3N2S. The first-order valence-corrected chi connectivity index (χ1v) is 8.48. The van der Waals surface area contributed by atoms with E-state index < -0.39 is 5.51 Å². The van der Waals surface area contributed by atoms with Crippen molar-refractivity contribution >= 4 is 24.2 Å². The molecule has 1 aliphatic rings. The van der Waals surface area contributed by atoms with Gasteiger partial charge in [0, 0.05) is 37.1 Å². The van der Waals surface area contributed by atoms with Gasteiger partial charge in [-0.25, -0.2) is 0 Å². The summed E-state index contributed by atoms with van der Waals surface area (Å²) in [4.78, 5) is 2.64.